The van der Waals surface area contributed by atoms with E-state index in [-0.39, 0.29) is 11.8 Å². The third-order valence-corrected chi connectivity index (χ3v) is 4.91. The minimum atomic E-state index is -0.177. The second-order valence-corrected chi connectivity index (χ2v) is 7.12. The van der Waals surface area contributed by atoms with E-state index in [2.05, 4.69) is 10.5 Å². The minimum Gasteiger partial charge on any atom is -0.356 e. The van der Waals surface area contributed by atoms with Gasteiger partial charge in [-0.15, -0.1) is 0 Å². The number of halogens is 1. The van der Waals surface area contributed by atoms with Crippen LogP contribution < -0.4 is 5.32 Å². The molecule has 142 valence electrons. The molecule has 28 heavy (non-hydrogen) atoms. The lowest BCUT2D eigenvalue weighted by Crippen LogP contribution is -2.36. The first kappa shape index (κ1) is 18.3. The molecule has 0 fully saturated rings. The van der Waals surface area contributed by atoms with E-state index in [0.29, 0.717) is 41.5 Å². The lowest BCUT2D eigenvalue weighted by Gasteiger charge is -2.26. The summed E-state index contributed by atoms with van der Waals surface area (Å²) in [5.41, 5.74) is 3.79. The van der Waals surface area contributed by atoms with Crippen molar-refractivity contribution in [3.8, 4) is 11.3 Å². The fourth-order valence-corrected chi connectivity index (χ4v) is 3.46. The van der Waals surface area contributed by atoms with Crippen molar-refractivity contribution in [3.63, 3.8) is 0 Å². The van der Waals surface area contributed by atoms with Crippen LogP contribution in [0.2, 0.25) is 5.02 Å². The molecule has 0 aliphatic carbocycles. The maximum atomic E-state index is 13.0. The maximum absolute atomic E-state index is 13.0. The molecule has 3 aromatic rings. The molecule has 2 heterocycles. The number of rotatable bonds is 3. The summed E-state index contributed by atoms with van der Waals surface area (Å²) < 4.78 is 5.56. The summed E-state index contributed by atoms with van der Waals surface area (Å²) in [6, 6.07) is 14.3. The van der Waals surface area contributed by atoms with E-state index in [1.165, 1.54) is 6.92 Å². The van der Waals surface area contributed by atoms with Gasteiger partial charge in [0.1, 0.15) is 0 Å². The van der Waals surface area contributed by atoms with Gasteiger partial charge in [0.05, 0.1) is 12.2 Å². The Morgan fingerprint density at radius 3 is 2.71 bits per heavy atom. The zero-order valence-electron chi connectivity index (χ0n) is 15.2. The number of benzene rings is 2. The fraction of sp³-hybridized carbons (Fsp3) is 0.190. The quantitative estimate of drug-likeness (QED) is 0.722. The Morgan fingerprint density at radius 1 is 1.18 bits per heavy atom. The second-order valence-electron chi connectivity index (χ2n) is 6.68. The van der Waals surface area contributed by atoms with Crippen LogP contribution in [0.15, 0.2) is 53.1 Å². The number of hydrogen-bond donors (Lipinski definition) is 1. The Morgan fingerprint density at radius 2 is 1.96 bits per heavy atom. The number of fused-ring (bicyclic) bond motifs is 1. The smallest absolute Gasteiger partial charge is 0.254 e. The third-order valence-electron chi connectivity index (χ3n) is 4.66. The van der Waals surface area contributed by atoms with Gasteiger partial charge in [0.25, 0.3) is 5.91 Å². The monoisotopic (exact) mass is 395 g/mol. The van der Waals surface area contributed by atoms with Gasteiger partial charge in [-0.05, 0) is 42.5 Å². The highest BCUT2D eigenvalue weighted by atomic mass is 35.5. The number of carbonyl (C=O) groups is 2. The zero-order valence-corrected chi connectivity index (χ0v) is 16.0. The molecular weight excluding hydrogens is 378 g/mol. The molecule has 7 heteroatoms. The number of aromatic nitrogens is 1. The summed E-state index contributed by atoms with van der Waals surface area (Å²) in [4.78, 5) is 26.0. The number of hydrogen-bond acceptors (Lipinski definition) is 4. The van der Waals surface area contributed by atoms with E-state index in [0.717, 1.165) is 16.8 Å². The molecule has 0 radical (unpaired) electrons. The van der Waals surface area contributed by atoms with Gasteiger partial charge in [-0.25, -0.2) is 0 Å². The number of nitrogens with zero attached hydrogens (tertiary/aromatic N) is 2. The molecule has 1 aromatic heterocycles. The van der Waals surface area contributed by atoms with Crippen molar-refractivity contribution >= 4 is 29.1 Å². The van der Waals surface area contributed by atoms with Crippen LogP contribution in [0.3, 0.4) is 0 Å². The Bertz CT molecular complexity index is 1040. The number of nitrogens with one attached hydrogen (secondary N) is 1. The van der Waals surface area contributed by atoms with Crippen molar-refractivity contribution in [2.45, 2.75) is 19.9 Å². The van der Waals surface area contributed by atoms with Gasteiger partial charge in [-0.3, -0.25) is 9.59 Å². The van der Waals surface area contributed by atoms with Crippen molar-refractivity contribution < 1.29 is 14.1 Å². The first-order chi connectivity index (χ1) is 13.5. The van der Waals surface area contributed by atoms with E-state index in [9.17, 15) is 9.59 Å². The van der Waals surface area contributed by atoms with E-state index in [4.69, 9.17) is 16.1 Å². The van der Waals surface area contributed by atoms with Gasteiger partial charge >= 0.3 is 0 Å². The van der Waals surface area contributed by atoms with Gasteiger partial charge in [0.2, 0.25) is 5.91 Å². The van der Waals surface area contributed by atoms with Crippen LogP contribution in [-0.4, -0.2) is 28.4 Å². The van der Waals surface area contributed by atoms with Gasteiger partial charge in [0, 0.05) is 47.3 Å². The van der Waals surface area contributed by atoms with Crippen LogP contribution in [-0.2, 0) is 17.8 Å². The lowest BCUT2D eigenvalue weighted by atomic mass is 10.0. The highest BCUT2D eigenvalue weighted by molar-refractivity contribution is 6.30. The van der Waals surface area contributed by atoms with Crippen LogP contribution >= 0.6 is 11.6 Å². The Hall–Kier alpha value is -3.12. The molecule has 0 atom stereocenters. The molecule has 0 saturated heterocycles. The van der Waals surface area contributed by atoms with Crippen molar-refractivity contribution in [2.75, 3.05) is 11.9 Å². The molecule has 0 saturated carbocycles. The molecule has 1 aliphatic heterocycles. The van der Waals surface area contributed by atoms with Crippen molar-refractivity contribution in [1.82, 2.24) is 10.1 Å². The average molecular weight is 396 g/mol. The summed E-state index contributed by atoms with van der Waals surface area (Å²) in [6.07, 6.45) is 0.629. The lowest BCUT2D eigenvalue weighted by molar-refractivity contribution is -0.114. The zero-order chi connectivity index (χ0) is 19.7. The topological polar surface area (TPSA) is 75.4 Å². The molecule has 4 rings (SSSR count). The van der Waals surface area contributed by atoms with Gasteiger partial charge < -0.3 is 14.7 Å². The molecule has 0 bridgehead atoms. The van der Waals surface area contributed by atoms with Crippen LogP contribution in [0.25, 0.3) is 11.3 Å². The summed E-state index contributed by atoms with van der Waals surface area (Å²) in [7, 11) is 0. The predicted molar refractivity (Wildman–Crippen MR) is 106 cm³/mol. The van der Waals surface area contributed by atoms with Gasteiger partial charge in [-0.2, -0.15) is 0 Å². The number of carbonyl (C=O) groups excluding carboxylic acids is 2. The van der Waals surface area contributed by atoms with Crippen LogP contribution in [0, 0.1) is 0 Å². The number of anilines is 1. The van der Waals surface area contributed by atoms with Crippen molar-refractivity contribution in [2.24, 2.45) is 0 Å². The SMILES string of the molecule is CC(=O)Nc1cccc(C(=O)N2CCc3noc(-c4ccc(Cl)cc4)c3C2)c1. The van der Waals surface area contributed by atoms with E-state index in [1.807, 2.05) is 12.1 Å². The first-order valence-corrected chi connectivity index (χ1v) is 9.29. The Balaban J connectivity index is 1.58. The molecule has 2 amide bonds. The second kappa shape index (κ2) is 7.48. The maximum Gasteiger partial charge on any atom is 0.254 e. The highest BCUT2D eigenvalue weighted by Gasteiger charge is 2.28. The van der Waals surface area contributed by atoms with E-state index < -0.39 is 0 Å². The van der Waals surface area contributed by atoms with Gasteiger partial charge in [0.15, 0.2) is 5.76 Å². The molecule has 0 unspecified atom stereocenters. The molecule has 6 nitrogen and oxygen atoms in total. The predicted octanol–water partition coefficient (Wildman–Crippen LogP) is 4.15. The average Bonchev–Trinajstić information content (AvgIpc) is 3.11. The summed E-state index contributed by atoms with van der Waals surface area (Å²) in [5, 5.41) is 7.53. The summed E-state index contributed by atoms with van der Waals surface area (Å²) in [6.45, 7) is 2.41. The van der Waals surface area contributed by atoms with Crippen LogP contribution in [0.4, 0.5) is 5.69 Å². The summed E-state index contributed by atoms with van der Waals surface area (Å²) in [5.74, 6) is 0.390. The fourth-order valence-electron chi connectivity index (χ4n) is 3.33. The van der Waals surface area contributed by atoms with Crippen molar-refractivity contribution in [1.29, 1.82) is 0 Å². The third kappa shape index (κ3) is 3.64. The van der Waals surface area contributed by atoms with Gasteiger partial charge in [-0.1, -0.05) is 22.8 Å². The van der Waals surface area contributed by atoms with E-state index >= 15 is 0 Å². The molecular formula is C21H18ClN3O3. The largest absolute Gasteiger partial charge is 0.356 e. The van der Waals surface area contributed by atoms with Crippen LogP contribution in [0.5, 0.6) is 0 Å². The van der Waals surface area contributed by atoms with Crippen LogP contribution in [0.1, 0.15) is 28.5 Å². The molecule has 1 aliphatic rings. The standard InChI is InChI=1S/C21H18ClN3O3/c1-13(26)23-17-4-2-3-15(11-17)21(27)25-10-9-19-18(12-25)20(28-24-19)14-5-7-16(22)8-6-14/h2-8,11H,9-10,12H2,1H3,(H,23,26). The number of amides is 2. The highest BCUT2D eigenvalue weighted by Crippen LogP contribution is 2.31. The summed E-state index contributed by atoms with van der Waals surface area (Å²) >= 11 is 5.97. The Kier molecular flexibility index (Phi) is 4.88. The molecule has 2 aromatic carbocycles. The molecule has 0 spiro atoms. The Labute approximate surface area is 167 Å². The minimum absolute atomic E-state index is 0.0962. The first-order valence-electron chi connectivity index (χ1n) is 8.91. The van der Waals surface area contributed by atoms with E-state index in [1.54, 1.807) is 41.3 Å². The molecule has 1 N–H and O–H groups in total. The normalized spacial score (nSPS) is 13.1. The van der Waals surface area contributed by atoms with Crippen molar-refractivity contribution in [3.05, 3.63) is 70.4 Å².